The van der Waals surface area contributed by atoms with E-state index in [9.17, 15) is 9.90 Å². The summed E-state index contributed by atoms with van der Waals surface area (Å²) < 4.78 is 9.54. The molecule has 0 aromatic carbocycles. The zero-order valence-corrected chi connectivity index (χ0v) is 8.47. The number of carbonyl (C=O) groups excluding carboxylic acids is 1. The van der Waals surface area contributed by atoms with Crippen molar-refractivity contribution in [2.45, 2.75) is 44.1 Å². The van der Waals surface area contributed by atoms with E-state index in [1.54, 1.807) is 0 Å². The predicted molar refractivity (Wildman–Crippen MR) is 49.6 cm³/mol. The third-order valence-corrected chi connectivity index (χ3v) is 2.46. The van der Waals surface area contributed by atoms with Crippen molar-refractivity contribution in [2.24, 2.45) is 5.73 Å². The quantitative estimate of drug-likeness (QED) is 0.461. The van der Waals surface area contributed by atoms with Gasteiger partial charge in [0.2, 0.25) is 0 Å². The summed E-state index contributed by atoms with van der Waals surface area (Å²) in [5.74, 6) is -0.382. The fraction of sp³-hybridized carbons (Fsp3) is 0.889. The molecular weight excluding hydrogens is 186 g/mol. The van der Waals surface area contributed by atoms with Gasteiger partial charge in [0, 0.05) is 12.5 Å². The topological polar surface area (TPSA) is 85.1 Å². The number of rotatable bonds is 5. The van der Waals surface area contributed by atoms with Crippen molar-refractivity contribution in [3.05, 3.63) is 0 Å². The molecule has 1 aliphatic rings. The second kappa shape index (κ2) is 4.72. The van der Waals surface area contributed by atoms with E-state index < -0.39 is 12.2 Å². The Labute approximate surface area is 83.2 Å². The fourth-order valence-corrected chi connectivity index (χ4v) is 1.33. The Balaban J connectivity index is 2.25. The monoisotopic (exact) mass is 203 g/mol. The number of epoxide rings is 1. The molecule has 0 amide bonds. The number of carbonyl (C=O) groups is 1. The summed E-state index contributed by atoms with van der Waals surface area (Å²) in [5.41, 5.74) is 5.62. The van der Waals surface area contributed by atoms with E-state index in [4.69, 9.17) is 10.5 Å². The first-order chi connectivity index (χ1) is 6.60. The standard InChI is InChI=1S/C9H17NO4/c1-3-5(10)6(11)4-7-8(14-7)9(12)13-2/h5-8,11H,3-4,10H2,1-2H3/t5-,6-,7-,8+/m0/s1. The van der Waals surface area contributed by atoms with Crippen LogP contribution in [0.1, 0.15) is 19.8 Å². The molecule has 5 heteroatoms. The molecule has 1 heterocycles. The van der Waals surface area contributed by atoms with E-state index >= 15 is 0 Å². The minimum atomic E-state index is -0.611. The molecule has 0 radical (unpaired) electrons. The van der Waals surface area contributed by atoms with Crippen LogP contribution >= 0.6 is 0 Å². The molecule has 82 valence electrons. The maximum atomic E-state index is 10.9. The van der Waals surface area contributed by atoms with E-state index in [2.05, 4.69) is 4.74 Å². The number of aliphatic hydroxyl groups is 1. The van der Waals surface area contributed by atoms with Gasteiger partial charge in [0.05, 0.1) is 19.3 Å². The molecule has 5 nitrogen and oxygen atoms in total. The zero-order valence-electron chi connectivity index (χ0n) is 8.47. The second-order valence-electron chi connectivity index (χ2n) is 3.49. The highest BCUT2D eigenvalue weighted by atomic mass is 16.6. The van der Waals surface area contributed by atoms with Crippen molar-refractivity contribution in [3.8, 4) is 0 Å². The second-order valence-corrected chi connectivity index (χ2v) is 3.49. The molecule has 14 heavy (non-hydrogen) atoms. The highest BCUT2D eigenvalue weighted by Crippen LogP contribution is 2.28. The van der Waals surface area contributed by atoms with Gasteiger partial charge in [-0.15, -0.1) is 0 Å². The van der Waals surface area contributed by atoms with Crippen LogP contribution in [-0.4, -0.2) is 42.5 Å². The summed E-state index contributed by atoms with van der Waals surface area (Å²) in [6.45, 7) is 1.90. The van der Waals surface area contributed by atoms with Crippen LogP contribution in [0.3, 0.4) is 0 Å². The van der Waals surface area contributed by atoms with Crippen molar-refractivity contribution in [3.63, 3.8) is 0 Å². The van der Waals surface area contributed by atoms with Gasteiger partial charge >= 0.3 is 5.97 Å². The summed E-state index contributed by atoms with van der Waals surface area (Å²) in [5, 5.41) is 9.54. The lowest BCUT2D eigenvalue weighted by molar-refractivity contribution is -0.142. The van der Waals surface area contributed by atoms with Gasteiger partial charge < -0.3 is 20.3 Å². The van der Waals surface area contributed by atoms with E-state index in [1.807, 2.05) is 6.92 Å². The number of ether oxygens (including phenoxy) is 2. The lowest BCUT2D eigenvalue weighted by Gasteiger charge is -2.15. The summed E-state index contributed by atoms with van der Waals surface area (Å²) in [4.78, 5) is 10.9. The normalized spacial score (nSPS) is 29.4. The maximum Gasteiger partial charge on any atom is 0.337 e. The number of hydrogen-bond donors (Lipinski definition) is 2. The van der Waals surface area contributed by atoms with Crippen LogP contribution in [0.15, 0.2) is 0 Å². The molecule has 0 unspecified atom stereocenters. The van der Waals surface area contributed by atoms with Crippen molar-refractivity contribution in [1.82, 2.24) is 0 Å². The molecule has 4 atom stereocenters. The minimum Gasteiger partial charge on any atom is -0.467 e. The Kier molecular flexibility index (Phi) is 3.86. The summed E-state index contributed by atoms with van der Waals surface area (Å²) in [6, 6.07) is -0.252. The van der Waals surface area contributed by atoms with Crippen LogP contribution in [0, 0.1) is 0 Å². The van der Waals surface area contributed by atoms with E-state index in [0.717, 1.165) is 0 Å². The van der Waals surface area contributed by atoms with Gasteiger partial charge in [0.1, 0.15) is 0 Å². The van der Waals surface area contributed by atoms with Gasteiger partial charge in [-0.1, -0.05) is 6.92 Å². The average molecular weight is 203 g/mol. The highest BCUT2D eigenvalue weighted by Gasteiger charge is 2.47. The first-order valence-corrected chi connectivity index (χ1v) is 4.77. The van der Waals surface area contributed by atoms with Crippen LogP contribution in [0.5, 0.6) is 0 Å². The van der Waals surface area contributed by atoms with Crippen molar-refractivity contribution in [1.29, 1.82) is 0 Å². The number of methoxy groups -OCH3 is 1. The van der Waals surface area contributed by atoms with Crippen LogP contribution in [-0.2, 0) is 14.3 Å². The SMILES string of the molecule is CC[C@H](N)[C@@H](O)C[C@@H]1O[C@H]1C(=O)OC. The summed E-state index contributed by atoms with van der Waals surface area (Å²) in [6.07, 6.45) is -0.237. The van der Waals surface area contributed by atoms with Gasteiger partial charge in [-0.25, -0.2) is 4.79 Å². The molecule has 0 bridgehead atoms. The fourth-order valence-electron chi connectivity index (χ4n) is 1.33. The van der Waals surface area contributed by atoms with Crippen molar-refractivity contribution < 1.29 is 19.4 Å². The molecule has 0 saturated carbocycles. The van der Waals surface area contributed by atoms with Gasteiger partial charge in [-0.3, -0.25) is 0 Å². The molecule has 1 aliphatic heterocycles. The van der Waals surface area contributed by atoms with Gasteiger partial charge in [0.15, 0.2) is 6.10 Å². The first-order valence-electron chi connectivity index (χ1n) is 4.77. The summed E-state index contributed by atoms with van der Waals surface area (Å²) >= 11 is 0. The minimum absolute atomic E-state index is 0.227. The molecule has 0 aromatic rings. The van der Waals surface area contributed by atoms with E-state index in [-0.39, 0.29) is 18.1 Å². The Hall–Kier alpha value is -0.650. The predicted octanol–water partition coefficient (Wildman–Crippen LogP) is -0.585. The maximum absolute atomic E-state index is 10.9. The molecule has 1 fully saturated rings. The zero-order chi connectivity index (χ0) is 10.7. The molecule has 1 rings (SSSR count). The Morgan fingerprint density at radius 1 is 1.71 bits per heavy atom. The lowest BCUT2D eigenvalue weighted by atomic mass is 10.0. The smallest absolute Gasteiger partial charge is 0.337 e. The molecule has 3 N–H and O–H groups in total. The van der Waals surface area contributed by atoms with Crippen LogP contribution < -0.4 is 5.73 Å². The molecule has 0 spiro atoms. The number of nitrogens with two attached hydrogens (primary N) is 1. The Morgan fingerprint density at radius 3 is 2.86 bits per heavy atom. The van der Waals surface area contributed by atoms with Crippen LogP contribution in [0.2, 0.25) is 0 Å². The van der Waals surface area contributed by atoms with E-state index in [0.29, 0.717) is 12.8 Å². The Bertz CT molecular complexity index is 209. The van der Waals surface area contributed by atoms with Crippen molar-refractivity contribution in [2.75, 3.05) is 7.11 Å². The molecule has 0 aromatic heterocycles. The number of esters is 1. The lowest BCUT2D eigenvalue weighted by Crippen LogP contribution is -2.35. The Morgan fingerprint density at radius 2 is 2.36 bits per heavy atom. The van der Waals surface area contributed by atoms with Gasteiger partial charge in [-0.05, 0) is 6.42 Å². The number of aliphatic hydroxyl groups excluding tert-OH is 1. The largest absolute Gasteiger partial charge is 0.467 e. The number of hydrogen-bond acceptors (Lipinski definition) is 5. The van der Waals surface area contributed by atoms with Gasteiger partial charge in [0.25, 0.3) is 0 Å². The first kappa shape index (κ1) is 11.4. The van der Waals surface area contributed by atoms with Crippen LogP contribution in [0.4, 0.5) is 0 Å². The highest BCUT2D eigenvalue weighted by molar-refractivity contribution is 5.77. The van der Waals surface area contributed by atoms with Gasteiger partial charge in [-0.2, -0.15) is 0 Å². The van der Waals surface area contributed by atoms with Crippen molar-refractivity contribution >= 4 is 5.97 Å². The molecule has 0 aliphatic carbocycles. The average Bonchev–Trinajstić information content (AvgIpc) is 2.94. The molecule has 1 saturated heterocycles. The molecular formula is C9H17NO4. The van der Waals surface area contributed by atoms with Crippen LogP contribution in [0.25, 0.3) is 0 Å². The third-order valence-electron chi connectivity index (χ3n) is 2.46. The third kappa shape index (κ3) is 2.67. The van der Waals surface area contributed by atoms with E-state index in [1.165, 1.54) is 7.11 Å². The summed E-state index contributed by atoms with van der Waals surface area (Å²) in [7, 11) is 1.31.